The fourth-order valence-electron chi connectivity index (χ4n) is 5.37. The van der Waals surface area contributed by atoms with Gasteiger partial charge in [0.15, 0.2) is 6.61 Å². The van der Waals surface area contributed by atoms with Crippen LogP contribution in [0.15, 0.2) is 36.4 Å². The molecule has 9 heteroatoms. The van der Waals surface area contributed by atoms with Crippen LogP contribution in [-0.4, -0.2) is 46.5 Å². The minimum atomic E-state index is -0.861. The third-order valence-corrected chi connectivity index (χ3v) is 6.78. The number of hydrogen-bond acceptors (Lipinski definition) is 7. The Morgan fingerprint density at radius 2 is 1.73 bits per heavy atom. The Balaban J connectivity index is 1.21. The topological polar surface area (TPSA) is 124 Å². The summed E-state index contributed by atoms with van der Waals surface area (Å²) in [5, 5.41) is 10.8. The minimum absolute atomic E-state index is 0.0400. The van der Waals surface area contributed by atoms with Crippen molar-refractivity contribution in [2.24, 2.45) is 35.5 Å². The molecular formula is C21H18N2O7. The number of non-ortho nitro benzene ring substituents is 1. The highest BCUT2D eigenvalue weighted by Crippen LogP contribution is 2.65. The normalized spacial score (nSPS) is 32.6. The van der Waals surface area contributed by atoms with Gasteiger partial charge in [-0.25, -0.2) is 0 Å². The molecule has 0 aromatic heterocycles. The third kappa shape index (κ3) is 2.76. The molecule has 6 atom stereocenters. The Hall–Kier alpha value is -3.36. The smallest absolute Gasteiger partial charge is 0.326 e. The van der Waals surface area contributed by atoms with Gasteiger partial charge in [0, 0.05) is 17.7 Å². The highest BCUT2D eigenvalue weighted by Gasteiger charge is 2.67. The van der Waals surface area contributed by atoms with Gasteiger partial charge in [0.2, 0.25) is 17.6 Å². The lowest BCUT2D eigenvalue weighted by Gasteiger charge is -2.37. The van der Waals surface area contributed by atoms with E-state index in [4.69, 9.17) is 4.74 Å². The molecule has 1 saturated heterocycles. The van der Waals surface area contributed by atoms with E-state index in [1.807, 2.05) is 12.2 Å². The molecule has 1 heterocycles. The lowest BCUT2D eigenvalue weighted by molar-refractivity contribution is -0.384. The number of nitro benzene ring substituents is 1. The van der Waals surface area contributed by atoms with E-state index in [-0.39, 0.29) is 34.9 Å². The van der Waals surface area contributed by atoms with Crippen LogP contribution in [0.5, 0.6) is 0 Å². The lowest BCUT2D eigenvalue weighted by Crippen LogP contribution is -2.40. The van der Waals surface area contributed by atoms with Crippen molar-refractivity contribution < 1.29 is 28.8 Å². The van der Waals surface area contributed by atoms with Gasteiger partial charge in [0.25, 0.3) is 5.69 Å². The van der Waals surface area contributed by atoms with Crippen LogP contribution in [-0.2, 0) is 19.1 Å². The van der Waals surface area contributed by atoms with Gasteiger partial charge in [-0.15, -0.1) is 0 Å². The fourth-order valence-corrected chi connectivity index (χ4v) is 5.37. The van der Waals surface area contributed by atoms with Crippen LogP contribution in [0, 0.1) is 45.6 Å². The summed E-state index contributed by atoms with van der Waals surface area (Å²) in [6, 6.07) is 5.10. The minimum Gasteiger partial charge on any atom is -0.456 e. The molecule has 0 spiro atoms. The van der Waals surface area contributed by atoms with Crippen molar-refractivity contribution in [1.29, 1.82) is 0 Å². The van der Waals surface area contributed by atoms with E-state index >= 15 is 0 Å². The van der Waals surface area contributed by atoms with Crippen molar-refractivity contribution in [3.63, 3.8) is 0 Å². The van der Waals surface area contributed by atoms with Gasteiger partial charge in [0.1, 0.15) is 6.54 Å². The molecule has 1 aromatic carbocycles. The van der Waals surface area contributed by atoms with Gasteiger partial charge in [-0.3, -0.25) is 34.2 Å². The number of esters is 1. The summed E-state index contributed by atoms with van der Waals surface area (Å²) in [6.07, 6.45) is 5.15. The molecule has 5 aliphatic rings. The molecule has 9 nitrogen and oxygen atoms in total. The van der Waals surface area contributed by atoms with Gasteiger partial charge in [0.05, 0.1) is 16.8 Å². The number of nitrogens with zero attached hydrogens (tertiary/aromatic N) is 2. The predicted molar refractivity (Wildman–Crippen MR) is 99.8 cm³/mol. The maximum absolute atomic E-state index is 12.8. The van der Waals surface area contributed by atoms with Crippen LogP contribution in [0.2, 0.25) is 0 Å². The summed E-state index contributed by atoms with van der Waals surface area (Å²) < 4.78 is 4.95. The van der Waals surface area contributed by atoms with E-state index in [0.717, 1.165) is 17.4 Å². The summed E-state index contributed by atoms with van der Waals surface area (Å²) in [5.74, 6) is -1.85. The zero-order valence-corrected chi connectivity index (χ0v) is 15.8. The first kappa shape index (κ1) is 18.7. The van der Waals surface area contributed by atoms with E-state index in [1.165, 1.54) is 18.2 Å². The Bertz CT molecular complexity index is 996. The summed E-state index contributed by atoms with van der Waals surface area (Å²) in [4.78, 5) is 61.2. The van der Waals surface area contributed by atoms with Crippen LogP contribution in [0.1, 0.15) is 16.8 Å². The summed E-state index contributed by atoms with van der Waals surface area (Å²) in [7, 11) is 0. The van der Waals surface area contributed by atoms with Gasteiger partial charge in [-0.1, -0.05) is 24.3 Å². The summed E-state index contributed by atoms with van der Waals surface area (Å²) >= 11 is 0. The number of carbonyl (C=O) groups is 4. The Morgan fingerprint density at radius 1 is 1.10 bits per heavy atom. The van der Waals surface area contributed by atoms with Gasteiger partial charge >= 0.3 is 5.97 Å². The van der Waals surface area contributed by atoms with Crippen LogP contribution >= 0.6 is 0 Å². The molecule has 1 aromatic rings. The number of hydrogen-bond donors (Lipinski definition) is 0. The van der Waals surface area contributed by atoms with E-state index < -0.39 is 41.7 Å². The van der Waals surface area contributed by atoms with E-state index in [1.54, 1.807) is 0 Å². The van der Waals surface area contributed by atoms with Crippen molar-refractivity contribution in [2.45, 2.75) is 6.42 Å². The number of nitro groups is 1. The molecule has 30 heavy (non-hydrogen) atoms. The number of carbonyl (C=O) groups excluding carboxylic acids is 4. The van der Waals surface area contributed by atoms with Gasteiger partial charge < -0.3 is 4.74 Å². The predicted octanol–water partition coefficient (Wildman–Crippen LogP) is 1.37. The summed E-state index contributed by atoms with van der Waals surface area (Å²) in [5.41, 5.74) is -0.206. The second-order valence-corrected chi connectivity index (χ2v) is 8.31. The molecule has 6 unspecified atom stereocenters. The fraction of sp³-hybridized carbons (Fsp3) is 0.429. The van der Waals surface area contributed by atoms with Gasteiger partial charge in [-0.2, -0.15) is 0 Å². The molecule has 3 fully saturated rings. The lowest BCUT2D eigenvalue weighted by atomic mass is 9.63. The molecule has 2 amide bonds. The highest BCUT2D eigenvalue weighted by atomic mass is 16.6. The summed E-state index contributed by atoms with van der Waals surface area (Å²) in [6.45, 7) is -1.15. The molecular weight excluding hydrogens is 392 g/mol. The van der Waals surface area contributed by atoms with Gasteiger partial charge in [-0.05, 0) is 30.1 Å². The first-order valence-electron chi connectivity index (χ1n) is 9.83. The van der Waals surface area contributed by atoms with Crippen molar-refractivity contribution in [3.8, 4) is 0 Å². The number of rotatable bonds is 6. The number of ketones is 1. The number of allylic oxidation sites excluding steroid dienone is 2. The Morgan fingerprint density at radius 3 is 2.33 bits per heavy atom. The standard InChI is InChI=1S/C21H18N2O7/c24-16(10-2-1-3-11(6-10)23(28)29)9-30-17(25)8-22-20(26)18-12-4-5-13(15-7-14(12)15)19(18)21(22)27/h1-6,12-15,18-19H,7-9H2. The maximum Gasteiger partial charge on any atom is 0.326 e. The van der Waals surface area contributed by atoms with Crippen LogP contribution < -0.4 is 0 Å². The van der Waals surface area contributed by atoms with Crippen LogP contribution in [0.3, 0.4) is 0 Å². The third-order valence-electron chi connectivity index (χ3n) is 6.78. The second kappa shape index (κ2) is 6.58. The number of likely N-dealkylation sites (tertiary alicyclic amines) is 1. The molecule has 154 valence electrons. The van der Waals surface area contributed by atoms with Crippen LogP contribution in [0.4, 0.5) is 5.69 Å². The molecule has 0 radical (unpaired) electrons. The number of benzene rings is 1. The monoisotopic (exact) mass is 410 g/mol. The highest BCUT2D eigenvalue weighted by molar-refractivity contribution is 6.08. The zero-order valence-electron chi connectivity index (χ0n) is 15.8. The van der Waals surface area contributed by atoms with Crippen molar-refractivity contribution in [2.75, 3.05) is 13.2 Å². The molecule has 2 saturated carbocycles. The number of amides is 2. The van der Waals surface area contributed by atoms with Crippen molar-refractivity contribution in [1.82, 2.24) is 4.90 Å². The Kier molecular flexibility index (Phi) is 4.09. The van der Waals surface area contributed by atoms with E-state index in [0.29, 0.717) is 11.8 Å². The average molecular weight is 410 g/mol. The SMILES string of the molecule is O=C(CN1C(=O)C2C3C=CC(C4CC34)C2C1=O)OCC(=O)c1cccc([N+](=O)[O-])c1. The second-order valence-electron chi connectivity index (χ2n) is 8.31. The molecule has 6 rings (SSSR count). The largest absolute Gasteiger partial charge is 0.456 e. The van der Waals surface area contributed by atoms with Crippen LogP contribution in [0.25, 0.3) is 0 Å². The number of ether oxygens (including phenoxy) is 1. The van der Waals surface area contributed by atoms with Crippen molar-refractivity contribution in [3.05, 3.63) is 52.1 Å². The maximum atomic E-state index is 12.8. The number of imide groups is 1. The Labute approximate surface area is 170 Å². The zero-order chi connectivity index (χ0) is 21.2. The molecule has 1 aliphatic heterocycles. The van der Waals surface area contributed by atoms with Crippen molar-refractivity contribution >= 4 is 29.3 Å². The molecule has 2 bridgehead atoms. The van der Waals surface area contributed by atoms with E-state index in [2.05, 4.69) is 0 Å². The van der Waals surface area contributed by atoms with E-state index in [9.17, 15) is 29.3 Å². The first-order chi connectivity index (χ1) is 14.4. The average Bonchev–Trinajstić information content (AvgIpc) is 3.53. The number of Topliss-reactive ketones (excluding diaryl/α,β-unsaturated/α-hetero) is 1. The first-order valence-corrected chi connectivity index (χ1v) is 9.83. The quantitative estimate of drug-likeness (QED) is 0.173. The molecule has 0 N–H and O–H groups in total. The molecule has 4 aliphatic carbocycles.